The molecule has 0 N–H and O–H groups in total. The maximum absolute atomic E-state index is 12.8. The van der Waals surface area contributed by atoms with E-state index in [1.54, 1.807) is 0 Å². The molecule has 3 heteroatoms. The Bertz CT molecular complexity index is 1120. The second-order valence-electron chi connectivity index (χ2n) is 6.66. The molecule has 4 aromatic rings. The van der Waals surface area contributed by atoms with Crippen LogP contribution in [0.25, 0.3) is 16.4 Å². The Morgan fingerprint density at radius 2 is 1.80 bits per heavy atom. The van der Waals surface area contributed by atoms with E-state index in [4.69, 9.17) is 0 Å². The largest absolute Gasteiger partial charge is 0.304 e. The number of aromatic nitrogens is 1. The van der Waals surface area contributed by atoms with E-state index in [1.165, 1.54) is 16.5 Å². The van der Waals surface area contributed by atoms with Gasteiger partial charge >= 0.3 is 0 Å². The molecule has 1 atom stereocenters. The van der Waals surface area contributed by atoms with E-state index in [2.05, 4.69) is 72.0 Å². The molecule has 2 aromatic carbocycles. The SMILES string of the molecule is Cc1ccc(C2CC(=O)c3cc4ccc5ccccc5n4c3S2)cc1. The number of hydrogen-bond acceptors (Lipinski definition) is 2. The first kappa shape index (κ1) is 14.8. The predicted molar refractivity (Wildman–Crippen MR) is 104 cm³/mol. The van der Waals surface area contributed by atoms with Crippen LogP contribution in [-0.4, -0.2) is 10.2 Å². The molecule has 1 unspecified atom stereocenters. The number of thioether (sulfide) groups is 1. The smallest absolute Gasteiger partial charge is 0.167 e. The summed E-state index contributed by atoms with van der Waals surface area (Å²) in [5.74, 6) is 0.243. The Morgan fingerprint density at radius 3 is 2.64 bits per heavy atom. The minimum Gasteiger partial charge on any atom is -0.304 e. The van der Waals surface area contributed by atoms with Crippen LogP contribution in [0, 0.1) is 6.92 Å². The summed E-state index contributed by atoms with van der Waals surface area (Å²) < 4.78 is 2.24. The molecule has 2 aromatic heterocycles. The Balaban J connectivity index is 1.71. The highest BCUT2D eigenvalue weighted by Crippen LogP contribution is 2.46. The van der Waals surface area contributed by atoms with Gasteiger partial charge in [-0.1, -0.05) is 65.9 Å². The zero-order valence-corrected chi connectivity index (χ0v) is 14.7. The number of hydrogen-bond donors (Lipinski definition) is 0. The van der Waals surface area contributed by atoms with Gasteiger partial charge in [0.25, 0.3) is 0 Å². The lowest BCUT2D eigenvalue weighted by Gasteiger charge is -2.22. The average molecular weight is 343 g/mol. The van der Waals surface area contributed by atoms with Gasteiger partial charge in [-0.25, -0.2) is 0 Å². The van der Waals surface area contributed by atoms with Crippen molar-refractivity contribution in [3.63, 3.8) is 0 Å². The Hall–Kier alpha value is -2.52. The third-order valence-corrected chi connectivity index (χ3v) is 6.32. The monoisotopic (exact) mass is 343 g/mol. The van der Waals surface area contributed by atoms with Crippen molar-refractivity contribution in [1.29, 1.82) is 0 Å². The molecule has 122 valence electrons. The van der Waals surface area contributed by atoms with E-state index in [-0.39, 0.29) is 11.0 Å². The highest BCUT2D eigenvalue weighted by molar-refractivity contribution is 7.99. The summed E-state index contributed by atoms with van der Waals surface area (Å²) in [6.07, 6.45) is 0.565. The topological polar surface area (TPSA) is 21.5 Å². The lowest BCUT2D eigenvalue weighted by atomic mass is 10.0. The van der Waals surface area contributed by atoms with Gasteiger partial charge in [0, 0.05) is 17.2 Å². The van der Waals surface area contributed by atoms with Gasteiger partial charge in [-0.2, -0.15) is 0 Å². The molecule has 0 fully saturated rings. The molecule has 5 rings (SSSR count). The summed E-state index contributed by atoms with van der Waals surface area (Å²) in [7, 11) is 0. The van der Waals surface area contributed by atoms with Crippen LogP contribution >= 0.6 is 11.8 Å². The highest BCUT2D eigenvalue weighted by Gasteiger charge is 2.30. The first-order chi connectivity index (χ1) is 12.2. The van der Waals surface area contributed by atoms with Crippen LogP contribution in [0.5, 0.6) is 0 Å². The van der Waals surface area contributed by atoms with Gasteiger partial charge in [0.2, 0.25) is 0 Å². The molecule has 2 nitrogen and oxygen atoms in total. The molecule has 0 radical (unpaired) electrons. The van der Waals surface area contributed by atoms with Crippen LogP contribution in [0.2, 0.25) is 0 Å². The molecular weight excluding hydrogens is 326 g/mol. The summed E-state index contributed by atoms with van der Waals surface area (Å²) >= 11 is 1.81. The Morgan fingerprint density at radius 1 is 1.00 bits per heavy atom. The number of ketones is 1. The maximum Gasteiger partial charge on any atom is 0.167 e. The van der Waals surface area contributed by atoms with E-state index in [1.807, 2.05) is 17.8 Å². The quantitative estimate of drug-likeness (QED) is 0.434. The molecular formula is C22H17NOS. The number of para-hydroxylation sites is 1. The van der Waals surface area contributed by atoms with Crippen LogP contribution in [0.1, 0.15) is 33.2 Å². The molecule has 0 spiro atoms. The summed E-state index contributed by atoms with van der Waals surface area (Å²) in [5, 5.41) is 2.45. The highest BCUT2D eigenvalue weighted by atomic mass is 32.2. The second-order valence-corrected chi connectivity index (χ2v) is 7.85. The predicted octanol–water partition coefficient (Wildman–Crippen LogP) is 5.82. The van der Waals surface area contributed by atoms with Crippen molar-refractivity contribution in [2.45, 2.75) is 23.6 Å². The number of aryl methyl sites for hydroxylation is 1. The van der Waals surface area contributed by atoms with Gasteiger partial charge in [0.15, 0.2) is 5.78 Å². The second kappa shape index (κ2) is 5.50. The van der Waals surface area contributed by atoms with Crippen molar-refractivity contribution in [2.24, 2.45) is 0 Å². The van der Waals surface area contributed by atoms with Crippen LogP contribution in [-0.2, 0) is 0 Å². The van der Waals surface area contributed by atoms with Crippen molar-refractivity contribution in [3.05, 3.63) is 83.4 Å². The Labute approximate surface area is 150 Å². The number of nitrogens with zero attached hydrogens (tertiary/aromatic N) is 1. The molecule has 1 aliphatic rings. The summed E-state index contributed by atoms with van der Waals surface area (Å²) in [6, 6.07) is 23.2. The zero-order chi connectivity index (χ0) is 17.0. The molecule has 0 saturated carbocycles. The van der Waals surface area contributed by atoms with E-state index >= 15 is 0 Å². The minimum atomic E-state index is 0.178. The fraction of sp³-hybridized carbons (Fsp3) is 0.136. The fourth-order valence-corrected chi connectivity index (χ4v) is 5.03. The summed E-state index contributed by atoms with van der Waals surface area (Å²) in [5.41, 5.74) is 5.59. The molecule has 0 aliphatic carbocycles. The zero-order valence-electron chi connectivity index (χ0n) is 13.9. The van der Waals surface area contributed by atoms with Crippen LogP contribution in [0.15, 0.2) is 71.8 Å². The number of Topliss-reactive ketones (excluding diaryl/α,β-unsaturated/α-hetero) is 1. The maximum atomic E-state index is 12.8. The fourth-order valence-electron chi connectivity index (χ4n) is 3.63. The van der Waals surface area contributed by atoms with Gasteiger partial charge in [0.1, 0.15) is 0 Å². The lowest BCUT2D eigenvalue weighted by Crippen LogP contribution is -2.12. The van der Waals surface area contributed by atoms with Gasteiger partial charge in [-0.15, -0.1) is 0 Å². The third kappa shape index (κ3) is 2.30. The van der Waals surface area contributed by atoms with E-state index in [0.717, 1.165) is 21.6 Å². The van der Waals surface area contributed by atoms with Gasteiger partial charge in [0.05, 0.1) is 16.1 Å². The molecule has 25 heavy (non-hydrogen) atoms. The minimum absolute atomic E-state index is 0.178. The molecule has 1 aliphatic heterocycles. The van der Waals surface area contributed by atoms with Crippen molar-refractivity contribution in [1.82, 2.24) is 4.40 Å². The van der Waals surface area contributed by atoms with Gasteiger partial charge in [-0.3, -0.25) is 4.79 Å². The van der Waals surface area contributed by atoms with E-state index < -0.39 is 0 Å². The molecule has 0 saturated heterocycles. The van der Waals surface area contributed by atoms with Crippen LogP contribution in [0.3, 0.4) is 0 Å². The van der Waals surface area contributed by atoms with Crippen molar-refractivity contribution in [2.75, 3.05) is 0 Å². The van der Waals surface area contributed by atoms with Crippen molar-refractivity contribution < 1.29 is 4.79 Å². The molecule has 0 bridgehead atoms. The number of fused-ring (bicyclic) bond motifs is 5. The van der Waals surface area contributed by atoms with Crippen LogP contribution in [0.4, 0.5) is 0 Å². The van der Waals surface area contributed by atoms with Gasteiger partial charge in [-0.05, 0) is 36.1 Å². The van der Waals surface area contributed by atoms with Crippen molar-refractivity contribution in [3.8, 4) is 0 Å². The van der Waals surface area contributed by atoms with Crippen molar-refractivity contribution >= 4 is 34.0 Å². The number of carbonyl (C=O) groups excluding carboxylic acids is 1. The summed E-state index contributed by atoms with van der Waals surface area (Å²) in [4.78, 5) is 12.8. The molecule has 0 amide bonds. The number of carbonyl (C=O) groups is 1. The normalized spacial score (nSPS) is 17.2. The van der Waals surface area contributed by atoms with E-state index in [0.29, 0.717) is 6.42 Å². The summed E-state index contributed by atoms with van der Waals surface area (Å²) in [6.45, 7) is 2.09. The third-order valence-electron chi connectivity index (χ3n) is 4.97. The number of pyridine rings is 1. The first-order valence-corrected chi connectivity index (χ1v) is 9.38. The Kier molecular flexibility index (Phi) is 3.25. The number of benzene rings is 2. The lowest BCUT2D eigenvalue weighted by molar-refractivity contribution is 0.0976. The number of rotatable bonds is 1. The van der Waals surface area contributed by atoms with E-state index in [9.17, 15) is 4.79 Å². The van der Waals surface area contributed by atoms with Gasteiger partial charge < -0.3 is 4.40 Å². The average Bonchev–Trinajstić information content (AvgIpc) is 3.02. The first-order valence-electron chi connectivity index (χ1n) is 8.50. The van der Waals surface area contributed by atoms with Crippen LogP contribution < -0.4 is 0 Å². The molecule has 3 heterocycles. The standard InChI is InChI=1S/C22H17NOS/c1-14-6-8-16(9-7-14)21-13-20(24)18-12-17-11-10-15-4-2-3-5-19(15)23(17)22(18)25-21/h2-12,21H,13H2,1H3.